The van der Waals surface area contributed by atoms with E-state index in [1.807, 2.05) is 19.1 Å². The Balaban J connectivity index is 0.00000289. The highest BCUT2D eigenvalue weighted by atomic mass is 35.5. The Morgan fingerprint density at radius 2 is 2.11 bits per heavy atom. The largest absolute Gasteiger partial charge is 0.464 e. The molecule has 102 valence electrons. The van der Waals surface area contributed by atoms with Gasteiger partial charge in [0.25, 0.3) is 0 Å². The Morgan fingerprint density at radius 1 is 1.44 bits per heavy atom. The number of nitrogens with zero attached hydrogens (tertiary/aromatic N) is 1. The standard InChI is InChI=1S/C11H17N3O3.ClH/c1-8-3-4-9(17-8)7-14(2)11(16)6-13-10(15)5-12;/h3-4H,5-7,12H2,1-2H3,(H,13,15);1H. The van der Waals surface area contributed by atoms with Crippen LogP contribution in [0.5, 0.6) is 0 Å². The summed E-state index contributed by atoms with van der Waals surface area (Å²) in [6.07, 6.45) is 0. The maximum absolute atomic E-state index is 11.6. The van der Waals surface area contributed by atoms with Crippen LogP contribution in [0.4, 0.5) is 0 Å². The smallest absolute Gasteiger partial charge is 0.242 e. The molecule has 1 heterocycles. The number of hydrogen-bond acceptors (Lipinski definition) is 4. The van der Waals surface area contributed by atoms with Gasteiger partial charge in [0.15, 0.2) is 0 Å². The van der Waals surface area contributed by atoms with E-state index in [1.165, 1.54) is 4.90 Å². The van der Waals surface area contributed by atoms with Crippen molar-refractivity contribution >= 4 is 24.2 Å². The van der Waals surface area contributed by atoms with Crippen LogP contribution in [0.15, 0.2) is 16.5 Å². The van der Waals surface area contributed by atoms with Crippen LogP contribution in [0.25, 0.3) is 0 Å². The van der Waals surface area contributed by atoms with Crippen LogP contribution < -0.4 is 11.1 Å². The first-order valence-electron chi connectivity index (χ1n) is 5.29. The van der Waals surface area contributed by atoms with E-state index in [2.05, 4.69) is 5.32 Å². The Labute approximate surface area is 112 Å². The van der Waals surface area contributed by atoms with Gasteiger partial charge in [-0.1, -0.05) is 0 Å². The van der Waals surface area contributed by atoms with E-state index in [4.69, 9.17) is 10.2 Å². The summed E-state index contributed by atoms with van der Waals surface area (Å²) in [5, 5.41) is 2.42. The third-order valence-electron chi connectivity index (χ3n) is 2.24. The van der Waals surface area contributed by atoms with E-state index in [0.29, 0.717) is 12.3 Å². The lowest BCUT2D eigenvalue weighted by Gasteiger charge is -2.15. The van der Waals surface area contributed by atoms with E-state index < -0.39 is 0 Å². The third kappa shape index (κ3) is 5.20. The number of rotatable bonds is 5. The molecule has 3 N–H and O–H groups in total. The molecule has 6 nitrogen and oxygen atoms in total. The van der Waals surface area contributed by atoms with Gasteiger partial charge in [0, 0.05) is 7.05 Å². The number of nitrogens with one attached hydrogen (secondary N) is 1. The molecule has 0 aromatic carbocycles. The van der Waals surface area contributed by atoms with E-state index >= 15 is 0 Å². The van der Waals surface area contributed by atoms with Gasteiger partial charge >= 0.3 is 0 Å². The molecule has 0 radical (unpaired) electrons. The molecule has 7 heteroatoms. The first-order valence-corrected chi connectivity index (χ1v) is 5.29. The Morgan fingerprint density at radius 3 is 2.61 bits per heavy atom. The minimum absolute atomic E-state index is 0. The van der Waals surface area contributed by atoms with Crippen molar-refractivity contribution in [3.05, 3.63) is 23.7 Å². The fourth-order valence-corrected chi connectivity index (χ4v) is 1.27. The number of amides is 2. The molecular weight excluding hydrogens is 258 g/mol. The van der Waals surface area contributed by atoms with E-state index in [9.17, 15) is 9.59 Å². The molecule has 1 rings (SSSR count). The predicted molar refractivity (Wildman–Crippen MR) is 69.2 cm³/mol. The molecule has 0 unspecified atom stereocenters. The number of aryl methyl sites for hydroxylation is 1. The van der Waals surface area contributed by atoms with Crippen molar-refractivity contribution in [2.75, 3.05) is 20.1 Å². The summed E-state index contributed by atoms with van der Waals surface area (Å²) in [7, 11) is 1.65. The predicted octanol–water partition coefficient (Wildman–Crippen LogP) is 0.0431. The number of likely N-dealkylation sites (N-methyl/N-ethyl adjacent to an activating group) is 1. The van der Waals surface area contributed by atoms with Crippen LogP contribution in [0.3, 0.4) is 0 Å². The van der Waals surface area contributed by atoms with Crippen LogP contribution in [-0.2, 0) is 16.1 Å². The first-order chi connectivity index (χ1) is 8.02. The lowest BCUT2D eigenvalue weighted by molar-refractivity contribution is -0.132. The third-order valence-corrected chi connectivity index (χ3v) is 2.24. The monoisotopic (exact) mass is 275 g/mol. The minimum Gasteiger partial charge on any atom is -0.464 e. The second-order valence-electron chi connectivity index (χ2n) is 3.74. The summed E-state index contributed by atoms with van der Waals surface area (Å²) in [5.74, 6) is 0.974. The summed E-state index contributed by atoms with van der Waals surface area (Å²) in [6.45, 7) is 2.05. The number of hydrogen-bond donors (Lipinski definition) is 2. The Bertz CT molecular complexity index is 406. The Hall–Kier alpha value is -1.53. The van der Waals surface area contributed by atoms with Crippen LogP contribution in [0, 0.1) is 6.92 Å². The molecule has 0 atom stereocenters. The normalized spacial score (nSPS) is 9.50. The van der Waals surface area contributed by atoms with E-state index in [1.54, 1.807) is 7.05 Å². The van der Waals surface area contributed by atoms with Gasteiger partial charge in [0.2, 0.25) is 11.8 Å². The van der Waals surface area contributed by atoms with Crippen molar-refractivity contribution in [1.82, 2.24) is 10.2 Å². The van der Waals surface area contributed by atoms with E-state index in [-0.39, 0.29) is 37.3 Å². The summed E-state index contributed by atoms with van der Waals surface area (Å²) in [4.78, 5) is 24.0. The van der Waals surface area contributed by atoms with Gasteiger partial charge in [-0.25, -0.2) is 0 Å². The van der Waals surface area contributed by atoms with Crippen LogP contribution in [0.1, 0.15) is 11.5 Å². The van der Waals surface area contributed by atoms with Crippen LogP contribution in [0.2, 0.25) is 0 Å². The summed E-state index contributed by atoms with van der Waals surface area (Å²) < 4.78 is 5.35. The van der Waals surface area contributed by atoms with Crippen LogP contribution >= 0.6 is 12.4 Å². The number of carbonyl (C=O) groups excluding carboxylic acids is 2. The number of carbonyl (C=O) groups is 2. The molecule has 0 aliphatic carbocycles. The zero-order valence-electron chi connectivity index (χ0n) is 10.4. The topological polar surface area (TPSA) is 88.6 Å². The fraction of sp³-hybridized carbons (Fsp3) is 0.455. The van der Waals surface area contributed by atoms with Crippen molar-refractivity contribution in [2.24, 2.45) is 5.73 Å². The van der Waals surface area contributed by atoms with Gasteiger partial charge in [0.1, 0.15) is 11.5 Å². The number of halogens is 1. The maximum Gasteiger partial charge on any atom is 0.242 e. The highest BCUT2D eigenvalue weighted by molar-refractivity contribution is 5.85. The highest BCUT2D eigenvalue weighted by Crippen LogP contribution is 2.08. The van der Waals surface area contributed by atoms with Gasteiger partial charge < -0.3 is 20.4 Å². The molecule has 0 saturated heterocycles. The van der Waals surface area contributed by atoms with Crippen molar-refractivity contribution in [1.29, 1.82) is 0 Å². The molecule has 1 aromatic heterocycles. The molecule has 0 bridgehead atoms. The molecular formula is C11H18ClN3O3. The lowest BCUT2D eigenvalue weighted by Crippen LogP contribution is -2.40. The number of furan rings is 1. The van der Waals surface area contributed by atoms with Crippen molar-refractivity contribution < 1.29 is 14.0 Å². The zero-order chi connectivity index (χ0) is 12.8. The summed E-state index contributed by atoms with van der Waals surface area (Å²) >= 11 is 0. The average Bonchev–Trinajstić information content (AvgIpc) is 2.70. The molecule has 1 aromatic rings. The van der Waals surface area contributed by atoms with Gasteiger partial charge in [-0.05, 0) is 19.1 Å². The summed E-state index contributed by atoms with van der Waals surface area (Å²) in [6, 6.07) is 3.65. The van der Waals surface area contributed by atoms with Gasteiger partial charge in [-0.2, -0.15) is 0 Å². The summed E-state index contributed by atoms with van der Waals surface area (Å²) in [5.41, 5.74) is 5.11. The SMILES string of the molecule is Cc1ccc(CN(C)C(=O)CNC(=O)CN)o1.Cl. The molecule has 0 spiro atoms. The quantitative estimate of drug-likeness (QED) is 0.794. The van der Waals surface area contributed by atoms with Crippen molar-refractivity contribution in [3.8, 4) is 0 Å². The molecule has 0 fully saturated rings. The second-order valence-corrected chi connectivity index (χ2v) is 3.74. The molecule has 18 heavy (non-hydrogen) atoms. The lowest BCUT2D eigenvalue weighted by atomic mass is 10.4. The van der Waals surface area contributed by atoms with Gasteiger partial charge in [0.05, 0.1) is 19.6 Å². The minimum atomic E-state index is -0.347. The van der Waals surface area contributed by atoms with Crippen molar-refractivity contribution in [3.63, 3.8) is 0 Å². The Kier molecular flexibility index (Phi) is 7.07. The maximum atomic E-state index is 11.6. The highest BCUT2D eigenvalue weighted by Gasteiger charge is 2.11. The van der Waals surface area contributed by atoms with Crippen LogP contribution in [-0.4, -0.2) is 36.9 Å². The fourth-order valence-electron chi connectivity index (χ4n) is 1.27. The van der Waals surface area contributed by atoms with Gasteiger partial charge in [-0.15, -0.1) is 12.4 Å². The molecule has 0 saturated carbocycles. The second kappa shape index (κ2) is 7.73. The molecule has 0 aliphatic heterocycles. The number of nitrogens with two attached hydrogens (primary N) is 1. The average molecular weight is 276 g/mol. The zero-order valence-corrected chi connectivity index (χ0v) is 11.3. The van der Waals surface area contributed by atoms with Crippen molar-refractivity contribution in [2.45, 2.75) is 13.5 Å². The van der Waals surface area contributed by atoms with E-state index in [0.717, 1.165) is 5.76 Å². The molecule has 0 aliphatic rings. The van der Waals surface area contributed by atoms with Gasteiger partial charge in [-0.3, -0.25) is 9.59 Å². The molecule has 2 amide bonds. The first kappa shape index (κ1) is 16.5.